The van der Waals surface area contributed by atoms with Crippen molar-refractivity contribution in [1.82, 2.24) is 4.98 Å². The summed E-state index contributed by atoms with van der Waals surface area (Å²) in [6.45, 7) is 1.19. The van der Waals surface area contributed by atoms with Crippen molar-refractivity contribution in [2.24, 2.45) is 0 Å². The normalized spacial score (nSPS) is 16.3. The second-order valence-electron chi connectivity index (χ2n) is 6.71. The maximum Gasteiger partial charge on any atom is 0.260 e. The molecule has 1 aliphatic rings. The highest BCUT2D eigenvalue weighted by molar-refractivity contribution is 7.98. The number of hydrogen-bond donors (Lipinski definition) is 0. The van der Waals surface area contributed by atoms with Gasteiger partial charge in [0.2, 0.25) is 0 Å². The number of rotatable bonds is 6. The molecule has 5 nitrogen and oxygen atoms in total. The van der Waals surface area contributed by atoms with Gasteiger partial charge in [0.1, 0.15) is 11.3 Å². The Morgan fingerprint density at radius 1 is 1.41 bits per heavy atom. The second kappa shape index (κ2) is 8.92. The van der Waals surface area contributed by atoms with Crippen molar-refractivity contribution in [2.75, 3.05) is 31.4 Å². The molecule has 1 fully saturated rings. The number of halogens is 1. The van der Waals surface area contributed by atoms with Crippen molar-refractivity contribution in [1.29, 1.82) is 0 Å². The van der Waals surface area contributed by atoms with E-state index in [4.69, 9.17) is 26.1 Å². The van der Waals surface area contributed by atoms with Gasteiger partial charge in [-0.2, -0.15) is 0 Å². The van der Waals surface area contributed by atoms with E-state index < -0.39 is 0 Å². The number of benzene rings is 2. The van der Waals surface area contributed by atoms with Crippen molar-refractivity contribution in [3.05, 3.63) is 47.0 Å². The number of aromatic nitrogens is 1. The molecule has 0 spiro atoms. The Balaban J connectivity index is 1.76. The lowest BCUT2D eigenvalue weighted by Gasteiger charge is -2.23. The van der Waals surface area contributed by atoms with Gasteiger partial charge in [-0.3, -0.25) is 9.69 Å². The van der Waals surface area contributed by atoms with Crippen molar-refractivity contribution < 1.29 is 14.3 Å². The Labute approximate surface area is 183 Å². The van der Waals surface area contributed by atoms with E-state index in [0.29, 0.717) is 33.5 Å². The van der Waals surface area contributed by atoms with E-state index in [9.17, 15) is 4.79 Å². The topological polar surface area (TPSA) is 51.7 Å². The summed E-state index contributed by atoms with van der Waals surface area (Å²) in [6.07, 6.45) is 3.94. The first-order valence-corrected chi connectivity index (χ1v) is 11.7. The van der Waals surface area contributed by atoms with Gasteiger partial charge in [-0.25, -0.2) is 4.98 Å². The molecule has 1 unspecified atom stereocenters. The SMILES string of the molecule is COc1ccc(Cl)c2sc(N(CC3CCCO3)C(=O)c3cccc(SC)c3)nc12. The lowest BCUT2D eigenvalue weighted by Crippen LogP contribution is -2.37. The largest absolute Gasteiger partial charge is 0.494 e. The third kappa shape index (κ3) is 4.23. The average molecular weight is 449 g/mol. The first kappa shape index (κ1) is 20.5. The van der Waals surface area contributed by atoms with Crippen LogP contribution in [0.5, 0.6) is 5.75 Å². The molecular formula is C21H21ClN2O3S2. The summed E-state index contributed by atoms with van der Waals surface area (Å²) in [7, 11) is 1.60. The number of anilines is 1. The zero-order chi connectivity index (χ0) is 20.4. The van der Waals surface area contributed by atoms with Crippen LogP contribution >= 0.6 is 34.7 Å². The van der Waals surface area contributed by atoms with Gasteiger partial charge in [-0.1, -0.05) is 29.0 Å². The van der Waals surface area contributed by atoms with Gasteiger partial charge >= 0.3 is 0 Å². The van der Waals surface area contributed by atoms with Crippen LogP contribution in [-0.4, -0.2) is 43.5 Å². The van der Waals surface area contributed by atoms with Gasteiger partial charge in [-0.15, -0.1) is 11.8 Å². The van der Waals surface area contributed by atoms with Crippen molar-refractivity contribution >= 4 is 56.0 Å². The van der Waals surface area contributed by atoms with Crippen molar-refractivity contribution in [3.8, 4) is 5.75 Å². The number of fused-ring (bicyclic) bond motifs is 1. The van der Waals surface area contributed by atoms with Crippen LogP contribution in [0.4, 0.5) is 5.13 Å². The monoisotopic (exact) mass is 448 g/mol. The van der Waals surface area contributed by atoms with Crippen LogP contribution in [0.15, 0.2) is 41.3 Å². The molecule has 0 saturated carbocycles. The van der Waals surface area contributed by atoms with Gasteiger partial charge in [0, 0.05) is 17.1 Å². The highest BCUT2D eigenvalue weighted by Crippen LogP contribution is 2.39. The summed E-state index contributed by atoms with van der Waals surface area (Å²) in [4.78, 5) is 21.0. The highest BCUT2D eigenvalue weighted by Gasteiger charge is 2.28. The molecule has 4 rings (SSSR count). The van der Waals surface area contributed by atoms with E-state index in [2.05, 4.69) is 0 Å². The van der Waals surface area contributed by atoms with Crippen molar-refractivity contribution in [3.63, 3.8) is 0 Å². The minimum atomic E-state index is -0.0921. The van der Waals surface area contributed by atoms with E-state index >= 15 is 0 Å². The van der Waals surface area contributed by atoms with E-state index in [-0.39, 0.29) is 12.0 Å². The van der Waals surface area contributed by atoms with Gasteiger partial charge in [-0.05, 0) is 49.4 Å². The Morgan fingerprint density at radius 3 is 3.00 bits per heavy atom. The van der Waals surface area contributed by atoms with Crippen LogP contribution in [-0.2, 0) is 4.74 Å². The molecule has 1 amide bonds. The van der Waals surface area contributed by atoms with Crippen LogP contribution in [0.25, 0.3) is 10.2 Å². The summed E-state index contributed by atoms with van der Waals surface area (Å²) in [5, 5.41) is 1.19. The number of carbonyl (C=O) groups excluding carboxylic acids is 1. The molecule has 2 heterocycles. The van der Waals surface area contributed by atoms with Gasteiger partial charge in [0.25, 0.3) is 5.91 Å². The lowest BCUT2D eigenvalue weighted by molar-refractivity contribution is 0.0917. The molecular weight excluding hydrogens is 428 g/mol. The number of amides is 1. The predicted octanol–water partition coefficient (Wildman–Crippen LogP) is 5.51. The summed E-state index contributed by atoms with van der Waals surface area (Å²) in [5.74, 6) is 0.548. The van der Waals surface area contributed by atoms with Crippen LogP contribution in [0.3, 0.4) is 0 Å². The molecule has 1 aromatic heterocycles. The number of methoxy groups -OCH3 is 1. The highest BCUT2D eigenvalue weighted by atomic mass is 35.5. The van der Waals surface area contributed by atoms with E-state index in [0.717, 1.165) is 29.0 Å². The third-order valence-electron chi connectivity index (χ3n) is 4.87. The minimum absolute atomic E-state index is 0.00654. The average Bonchev–Trinajstić information content (AvgIpc) is 3.42. The minimum Gasteiger partial charge on any atom is -0.494 e. The number of thioether (sulfide) groups is 1. The van der Waals surface area contributed by atoms with Gasteiger partial charge < -0.3 is 9.47 Å². The lowest BCUT2D eigenvalue weighted by atomic mass is 10.2. The molecule has 8 heteroatoms. The summed E-state index contributed by atoms with van der Waals surface area (Å²) in [6, 6.07) is 11.2. The fraction of sp³-hybridized carbons (Fsp3) is 0.333. The number of thiazole rings is 1. The van der Waals surface area contributed by atoms with Crippen molar-refractivity contribution in [2.45, 2.75) is 23.8 Å². The Hall–Kier alpha value is -1.80. The molecule has 0 N–H and O–H groups in total. The molecule has 2 aromatic carbocycles. The zero-order valence-corrected chi connectivity index (χ0v) is 18.6. The number of nitrogens with zero attached hydrogens (tertiary/aromatic N) is 2. The summed E-state index contributed by atoms with van der Waals surface area (Å²) in [5.41, 5.74) is 1.30. The van der Waals surface area contributed by atoms with Crippen LogP contribution in [0.2, 0.25) is 5.02 Å². The van der Waals surface area contributed by atoms with Crippen LogP contribution in [0, 0.1) is 0 Å². The van der Waals surface area contributed by atoms with Crippen LogP contribution in [0.1, 0.15) is 23.2 Å². The van der Waals surface area contributed by atoms with E-state index in [1.807, 2.05) is 30.5 Å². The second-order valence-corrected chi connectivity index (χ2v) is 8.97. The third-order valence-corrected chi connectivity index (χ3v) is 7.13. The van der Waals surface area contributed by atoms with E-state index in [1.165, 1.54) is 11.3 Å². The predicted molar refractivity (Wildman–Crippen MR) is 120 cm³/mol. The van der Waals surface area contributed by atoms with Gasteiger partial charge in [0.05, 0.1) is 29.5 Å². The molecule has 0 aliphatic carbocycles. The fourth-order valence-electron chi connectivity index (χ4n) is 3.37. The Bertz CT molecular complexity index is 1030. The smallest absolute Gasteiger partial charge is 0.260 e. The number of carbonyl (C=O) groups is 1. The molecule has 29 heavy (non-hydrogen) atoms. The number of hydrogen-bond acceptors (Lipinski definition) is 6. The molecule has 0 bridgehead atoms. The first-order chi connectivity index (χ1) is 14.1. The summed E-state index contributed by atoms with van der Waals surface area (Å²) >= 11 is 9.40. The molecule has 1 saturated heterocycles. The van der Waals surface area contributed by atoms with Gasteiger partial charge in [0.15, 0.2) is 5.13 Å². The van der Waals surface area contributed by atoms with E-state index in [1.54, 1.807) is 35.9 Å². The quantitative estimate of drug-likeness (QED) is 0.465. The van der Waals surface area contributed by atoms with Crippen LogP contribution < -0.4 is 9.64 Å². The first-order valence-electron chi connectivity index (χ1n) is 9.31. The molecule has 152 valence electrons. The number of ether oxygens (including phenoxy) is 2. The molecule has 0 radical (unpaired) electrons. The maximum absolute atomic E-state index is 13.5. The Kier molecular flexibility index (Phi) is 6.29. The molecule has 1 atom stereocenters. The standard InChI is InChI=1S/C21H21ClN2O3S2/c1-26-17-9-8-16(22)19-18(17)23-21(29-19)24(12-14-6-4-10-27-14)20(25)13-5-3-7-15(11-13)28-2/h3,5,7-9,11,14H,4,6,10,12H2,1-2H3. The fourth-order valence-corrected chi connectivity index (χ4v) is 5.10. The summed E-state index contributed by atoms with van der Waals surface area (Å²) < 4.78 is 12.1. The maximum atomic E-state index is 13.5. The Morgan fingerprint density at radius 2 is 2.28 bits per heavy atom. The zero-order valence-electron chi connectivity index (χ0n) is 16.2. The molecule has 3 aromatic rings. The molecule has 1 aliphatic heterocycles.